The molecule has 1 aromatic carbocycles. The van der Waals surface area contributed by atoms with Gasteiger partial charge in [-0.2, -0.15) is 13.2 Å². The summed E-state index contributed by atoms with van der Waals surface area (Å²) in [4.78, 5) is 10.6. The first kappa shape index (κ1) is 16.5. The summed E-state index contributed by atoms with van der Waals surface area (Å²) in [5.41, 5.74) is -0.209. The maximum absolute atomic E-state index is 12.4. The van der Waals surface area contributed by atoms with Gasteiger partial charge in [0.1, 0.15) is 12.7 Å². The number of aliphatic hydroxyl groups excluding tert-OH is 1. The zero-order chi connectivity index (χ0) is 15.2. The number of alkyl halides is 3. The molecular weight excluding hydrogens is 277 g/mol. The van der Waals surface area contributed by atoms with E-state index in [1.54, 1.807) is 0 Å². The monoisotopic (exact) mass is 292 g/mol. The third-order valence-corrected chi connectivity index (χ3v) is 2.44. The molecule has 0 aromatic heterocycles. The number of ether oxygens (including phenoxy) is 2. The summed E-state index contributed by atoms with van der Waals surface area (Å²) >= 11 is 0. The van der Waals surface area contributed by atoms with Gasteiger partial charge in [-0.3, -0.25) is 4.79 Å². The normalized spacial score (nSPS) is 13.1. The number of rotatable bonds is 6. The minimum atomic E-state index is -4.37. The van der Waals surface area contributed by atoms with E-state index in [0.717, 1.165) is 12.1 Å². The van der Waals surface area contributed by atoms with Gasteiger partial charge in [-0.05, 0) is 17.7 Å². The predicted molar refractivity (Wildman–Crippen MR) is 63.7 cm³/mol. The van der Waals surface area contributed by atoms with Gasteiger partial charge >= 0.3 is 12.1 Å². The molecule has 0 spiro atoms. The highest BCUT2D eigenvalue weighted by Crippen LogP contribution is 2.29. The van der Waals surface area contributed by atoms with Crippen LogP contribution in [0, 0.1) is 0 Å². The lowest BCUT2D eigenvalue weighted by Crippen LogP contribution is -2.25. The van der Waals surface area contributed by atoms with Gasteiger partial charge in [0.25, 0.3) is 0 Å². The summed E-state index contributed by atoms with van der Waals surface area (Å²) in [7, 11) is 0. The summed E-state index contributed by atoms with van der Waals surface area (Å²) in [6, 6.07) is 4.50. The zero-order valence-electron chi connectivity index (χ0n) is 10.8. The number of hydrogen-bond donors (Lipinski definition) is 1. The lowest BCUT2D eigenvalue weighted by atomic mass is 10.1. The van der Waals surface area contributed by atoms with Gasteiger partial charge < -0.3 is 14.6 Å². The van der Waals surface area contributed by atoms with Crippen LogP contribution in [0.5, 0.6) is 0 Å². The molecule has 112 valence electrons. The van der Waals surface area contributed by atoms with Crippen molar-refractivity contribution < 1.29 is 32.5 Å². The largest absolute Gasteiger partial charge is 0.463 e. The third kappa shape index (κ3) is 5.58. The molecule has 0 aliphatic carbocycles. The van der Waals surface area contributed by atoms with Crippen LogP contribution in [0.25, 0.3) is 0 Å². The zero-order valence-corrected chi connectivity index (χ0v) is 10.8. The fourth-order valence-electron chi connectivity index (χ4n) is 1.37. The van der Waals surface area contributed by atoms with Gasteiger partial charge in [0, 0.05) is 6.92 Å². The highest BCUT2D eigenvalue weighted by molar-refractivity contribution is 5.65. The molecule has 4 nitrogen and oxygen atoms in total. The fraction of sp³-hybridized carbons (Fsp3) is 0.462. The van der Waals surface area contributed by atoms with Crippen LogP contribution < -0.4 is 0 Å². The molecule has 0 saturated carbocycles. The van der Waals surface area contributed by atoms with Crippen molar-refractivity contribution in [1.29, 1.82) is 0 Å². The molecule has 0 fully saturated rings. The number of carbonyl (C=O) groups excluding carboxylic acids is 1. The average molecular weight is 292 g/mol. The van der Waals surface area contributed by atoms with Gasteiger partial charge in [0.15, 0.2) is 0 Å². The summed E-state index contributed by atoms with van der Waals surface area (Å²) in [5.74, 6) is -0.499. The molecule has 0 unspecified atom stereocenters. The molecule has 0 amide bonds. The second kappa shape index (κ2) is 7.25. The molecule has 1 aromatic rings. The van der Waals surface area contributed by atoms with Crippen molar-refractivity contribution in [3.8, 4) is 0 Å². The summed E-state index contributed by atoms with van der Waals surface area (Å²) < 4.78 is 47.0. The van der Waals surface area contributed by atoms with E-state index in [9.17, 15) is 18.0 Å². The molecule has 0 saturated heterocycles. The molecular formula is C13H15F3O4. The molecule has 0 aliphatic heterocycles. The predicted octanol–water partition coefficient (Wildman–Crippen LogP) is 2.15. The Morgan fingerprint density at radius 1 is 1.30 bits per heavy atom. The van der Waals surface area contributed by atoms with Crippen molar-refractivity contribution >= 4 is 5.97 Å². The van der Waals surface area contributed by atoms with Crippen molar-refractivity contribution in [1.82, 2.24) is 0 Å². The Hall–Kier alpha value is -1.60. The third-order valence-electron chi connectivity index (χ3n) is 2.44. The Morgan fingerprint density at radius 3 is 2.35 bits per heavy atom. The number of esters is 1. The molecule has 1 N–H and O–H groups in total. The van der Waals surface area contributed by atoms with Crippen LogP contribution in [-0.4, -0.2) is 30.4 Å². The van der Waals surface area contributed by atoms with Gasteiger partial charge in [-0.1, -0.05) is 12.1 Å². The highest BCUT2D eigenvalue weighted by atomic mass is 19.4. The van der Waals surface area contributed by atoms with Crippen molar-refractivity contribution in [3.63, 3.8) is 0 Å². The van der Waals surface area contributed by atoms with Crippen molar-refractivity contribution in [3.05, 3.63) is 35.4 Å². The van der Waals surface area contributed by atoms with Crippen molar-refractivity contribution in [2.45, 2.75) is 25.8 Å². The van der Waals surface area contributed by atoms with E-state index in [1.165, 1.54) is 19.1 Å². The van der Waals surface area contributed by atoms with E-state index in [2.05, 4.69) is 4.74 Å². The van der Waals surface area contributed by atoms with E-state index in [4.69, 9.17) is 9.84 Å². The molecule has 0 heterocycles. The van der Waals surface area contributed by atoms with Crippen LogP contribution in [0.1, 0.15) is 18.1 Å². The van der Waals surface area contributed by atoms with Crippen LogP contribution in [-0.2, 0) is 27.1 Å². The van der Waals surface area contributed by atoms with Crippen LogP contribution in [0.15, 0.2) is 24.3 Å². The maximum Gasteiger partial charge on any atom is 0.416 e. The first-order valence-corrected chi connectivity index (χ1v) is 5.85. The Morgan fingerprint density at radius 2 is 1.90 bits per heavy atom. The minimum Gasteiger partial charge on any atom is -0.463 e. The summed E-state index contributed by atoms with van der Waals surface area (Å²) in [6.07, 6.45) is -5.08. The molecule has 7 heteroatoms. The SMILES string of the molecule is CC(=O)OC[C@@H](CO)OCc1ccc(C(F)(F)F)cc1. The first-order chi connectivity index (χ1) is 9.32. The van der Waals surface area contributed by atoms with E-state index in [-0.39, 0.29) is 19.8 Å². The fourth-order valence-corrected chi connectivity index (χ4v) is 1.37. The second-order valence-electron chi connectivity index (χ2n) is 4.11. The van der Waals surface area contributed by atoms with Crippen molar-refractivity contribution in [2.75, 3.05) is 13.2 Å². The quantitative estimate of drug-likeness (QED) is 0.816. The van der Waals surface area contributed by atoms with Gasteiger partial charge in [0.2, 0.25) is 0 Å². The van der Waals surface area contributed by atoms with Crippen LogP contribution in [0.4, 0.5) is 13.2 Å². The van der Waals surface area contributed by atoms with Crippen molar-refractivity contribution in [2.24, 2.45) is 0 Å². The number of hydrogen-bond acceptors (Lipinski definition) is 4. The maximum atomic E-state index is 12.4. The number of aliphatic hydroxyl groups is 1. The van der Waals surface area contributed by atoms with Gasteiger partial charge in [-0.15, -0.1) is 0 Å². The molecule has 0 bridgehead atoms. The van der Waals surface area contributed by atoms with E-state index in [1.807, 2.05) is 0 Å². The molecule has 0 radical (unpaired) electrons. The standard InChI is InChI=1S/C13H15F3O4/c1-9(18)19-8-12(6-17)20-7-10-2-4-11(5-3-10)13(14,15)16/h2-5,12,17H,6-8H2,1H3/t12-/m1/s1. The van der Waals surface area contributed by atoms with Crippen LogP contribution in [0.2, 0.25) is 0 Å². The average Bonchev–Trinajstić information content (AvgIpc) is 2.38. The van der Waals surface area contributed by atoms with Gasteiger partial charge in [-0.25, -0.2) is 0 Å². The number of benzene rings is 1. The lowest BCUT2D eigenvalue weighted by molar-refractivity contribution is -0.146. The minimum absolute atomic E-state index is 0.0185. The van der Waals surface area contributed by atoms with Crippen LogP contribution >= 0.6 is 0 Å². The lowest BCUT2D eigenvalue weighted by Gasteiger charge is -2.15. The second-order valence-corrected chi connectivity index (χ2v) is 4.11. The summed E-state index contributed by atoms with van der Waals surface area (Å²) in [5, 5.41) is 9.00. The van der Waals surface area contributed by atoms with E-state index >= 15 is 0 Å². The molecule has 1 rings (SSSR count). The molecule has 0 aliphatic rings. The Labute approximate surface area is 114 Å². The first-order valence-electron chi connectivity index (χ1n) is 5.85. The Kier molecular flexibility index (Phi) is 5.97. The topological polar surface area (TPSA) is 55.8 Å². The van der Waals surface area contributed by atoms with E-state index in [0.29, 0.717) is 5.56 Å². The van der Waals surface area contributed by atoms with Crippen LogP contribution in [0.3, 0.4) is 0 Å². The van der Waals surface area contributed by atoms with E-state index < -0.39 is 23.8 Å². The highest BCUT2D eigenvalue weighted by Gasteiger charge is 2.29. The number of carbonyl (C=O) groups is 1. The molecule has 1 atom stereocenters. The Balaban J connectivity index is 2.50. The Bertz CT molecular complexity index is 428. The smallest absolute Gasteiger partial charge is 0.416 e. The van der Waals surface area contributed by atoms with Gasteiger partial charge in [0.05, 0.1) is 18.8 Å². The summed E-state index contributed by atoms with van der Waals surface area (Å²) in [6.45, 7) is 0.787. The molecule has 20 heavy (non-hydrogen) atoms. The number of halogens is 3.